The van der Waals surface area contributed by atoms with Crippen LogP contribution in [0.1, 0.15) is 50.5 Å². The summed E-state index contributed by atoms with van der Waals surface area (Å²) >= 11 is 0. The molecule has 4 rings (SSSR count). The number of aryl methyl sites for hydroxylation is 1. The third-order valence-electron chi connectivity index (χ3n) is 8.92. The Morgan fingerprint density at radius 1 is 0.594 bits per heavy atom. The first-order valence-electron chi connectivity index (χ1n) is 20.2. The van der Waals surface area contributed by atoms with Crippen molar-refractivity contribution >= 4 is 64.8 Å². The van der Waals surface area contributed by atoms with Crippen LogP contribution in [0.15, 0.2) is 48.5 Å². The number of benzene rings is 3. The highest BCUT2D eigenvalue weighted by atomic mass is 16.7. The molecule has 1 aliphatic heterocycles. The van der Waals surface area contributed by atoms with Crippen molar-refractivity contribution in [1.29, 1.82) is 0 Å². The van der Waals surface area contributed by atoms with Gasteiger partial charge in [0.1, 0.15) is 57.0 Å². The van der Waals surface area contributed by atoms with E-state index in [9.17, 15) is 53.6 Å². The van der Waals surface area contributed by atoms with Gasteiger partial charge in [0, 0.05) is 27.7 Å². The van der Waals surface area contributed by atoms with Crippen LogP contribution >= 0.6 is 0 Å². The van der Waals surface area contributed by atoms with E-state index in [-0.39, 0.29) is 65.5 Å². The Balaban J connectivity index is 1.69. The molecule has 0 fully saturated rings. The maximum absolute atomic E-state index is 13.0. The highest BCUT2D eigenvalue weighted by Crippen LogP contribution is 2.43. The van der Waals surface area contributed by atoms with Crippen molar-refractivity contribution in [2.24, 2.45) is 0 Å². The first-order chi connectivity index (χ1) is 32.8. The van der Waals surface area contributed by atoms with Gasteiger partial charge in [0.05, 0.1) is 27.9 Å². The molecule has 69 heavy (non-hydrogen) atoms. The lowest BCUT2D eigenvalue weighted by Gasteiger charge is -2.27. The summed E-state index contributed by atoms with van der Waals surface area (Å²) in [6.07, 6.45) is -1.72. The predicted octanol–water partition coefficient (Wildman–Crippen LogP) is 2.04. The van der Waals surface area contributed by atoms with Crippen molar-refractivity contribution in [3.05, 3.63) is 75.3 Å². The summed E-state index contributed by atoms with van der Waals surface area (Å²) in [6.45, 7) is -0.468. The molecular weight excluding hydrogens is 926 g/mol. The molecule has 26 heteroatoms. The number of hydrogen-bond acceptors (Lipinski definition) is 25. The Morgan fingerprint density at radius 2 is 0.986 bits per heavy atom. The Labute approximate surface area is 391 Å². The van der Waals surface area contributed by atoms with Crippen LogP contribution in [0.5, 0.6) is 23.0 Å². The minimum atomic E-state index is -1.72. The molecule has 26 nitrogen and oxygen atoms in total. The molecule has 0 saturated heterocycles. The summed E-state index contributed by atoms with van der Waals surface area (Å²) in [4.78, 5) is 110. The van der Waals surface area contributed by atoms with Gasteiger partial charge in [0.15, 0.2) is 11.5 Å². The van der Waals surface area contributed by atoms with E-state index in [1.165, 1.54) is 35.2 Å². The van der Waals surface area contributed by atoms with Gasteiger partial charge < -0.3 is 71.7 Å². The van der Waals surface area contributed by atoms with E-state index < -0.39 is 118 Å². The number of ether oxygens (including phenoxy) is 12. The van der Waals surface area contributed by atoms with Crippen LogP contribution in [-0.4, -0.2) is 131 Å². The zero-order chi connectivity index (χ0) is 50.6. The molecule has 1 heterocycles. The number of aliphatic hydroxyl groups is 1. The molecular formula is C43H47N3O23. The number of nitro groups is 1. The Hall–Kier alpha value is -8.42. The number of carbonyl (C=O) groups excluding carboxylic acids is 8. The maximum atomic E-state index is 13.0. The predicted molar refractivity (Wildman–Crippen MR) is 227 cm³/mol. The minimum Gasteiger partial charge on any atom is -0.488 e. The van der Waals surface area contributed by atoms with Crippen LogP contribution in [0.4, 0.5) is 17.1 Å². The van der Waals surface area contributed by atoms with Crippen LogP contribution < -0.4 is 28.7 Å². The van der Waals surface area contributed by atoms with Gasteiger partial charge >= 0.3 is 47.8 Å². The van der Waals surface area contributed by atoms with E-state index in [0.717, 1.165) is 38.7 Å². The van der Waals surface area contributed by atoms with Crippen molar-refractivity contribution in [2.75, 3.05) is 83.2 Å². The number of anilines is 2. The van der Waals surface area contributed by atoms with Crippen LogP contribution in [0, 0.1) is 17.0 Å². The van der Waals surface area contributed by atoms with E-state index in [1.807, 2.05) is 0 Å². The van der Waals surface area contributed by atoms with Crippen molar-refractivity contribution in [3.63, 3.8) is 0 Å². The van der Waals surface area contributed by atoms with Crippen LogP contribution in [-0.2, 0) is 76.3 Å². The molecule has 0 bridgehead atoms. The smallest absolute Gasteiger partial charge is 0.328 e. The maximum Gasteiger partial charge on any atom is 0.328 e. The largest absolute Gasteiger partial charge is 0.488 e. The van der Waals surface area contributed by atoms with E-state index in [4.69, 9.17) is 37.9 Å². The summed E-state index contributed by atoms with van der Waals surface area (Å²) in [5.41, 5.74) is 0.0661. The zero-order valence-corrected chi connectivity index (χ0v) is 37.7. The van der Waals surface area contributed by atoms with Crippen molar-refractivity contribution < 1.29 is 105 Å². The third kappa shape index (κ3) is 17.4. The zero-order valence-electron chi connectivity index (χ0n) is 37.7. The summed E-state index contributed by atoms with van der Waals surface area (Å²) in [5, 5.41) is 23.8. The fraction of sp³-hybridized carbons (Fsp3) is 0.395. The number of carbonyl (C=O) groups is 8. The molecule has 0 spiro atoms. The molecule has 0 amide bonds. The topological polar surface area (TPSA) is 317 Å². The lowest BCUT2D eigenvalue weighted by Crippen LogP contribution is -2.37. The molecule has 3 aromatic carbocycles. The quantitative estimate of drug-likeness (QED) is 0.0300. The second kappa shape index (κ2) is 26.1. The summed E-state index contributed by atoms with van der Waals surface area (Å²) in [7, 11) is 0. The first-order valence-corrected chi connectivity index (χ1v) is 20.2. The molecule has 1 aliphatic rings. The average Bonchev–Trinajstić information content (AvgIpc) is 3.74. The normalized spacial score (nSPS) is 11.4. The van der Waals surface area contributed by atoms with Gasteiger partial charge in [-0.2, -0.15) is 0 Å². The number of nitro benzene ring substituents is 1. The van der Waals surface area contributed by atoms with Gasteiger partial charge in [0.2, 0.25) is 34.0 Å². The standard InChI is InChI=1S/C43H47N3O23/c1-25-6-8-32(44(16-39(51)66-20-60-26(2)47)17-40(52)67-21-61-27(3)48)35(12-25)58-10-11-59-36-13-30(43(55)31-14-37-38(65-24-64-37)15-34(31)46(56)57)7-9-33(36)45(18-41(53)68-22-62-28(4)49)19-42(54)69-23-63-29(5)50/h6-9,12-15,43,55H,10-11,16-24H2,1-5H3/t43-/m1/s1. The summed E-state index contributed by atoms with van der Waals surface area (Å²) in [6, 6.07) is 10.9. The van der Waals surface area contributed by atoms with Gasteiger partial charge in [-0.1, -0.05) is 12.1 Å². The number of fused-ring (bicyclic) bond motifs is 1. The first kappa shape index (κ1) is 53.2. The Kier molecular flexibility index (Phi) is 20.1. The Morgan fingerprint density at radius 3 is 1.39 bits per heavy atom. The van der Waals surface area contributed by atoms with Gasteiger partial charge in [-0.05, 0) is 48.4 Å². The van der Waals surface area contributed by atoms with Gasteiger partial charge in [-0.15, -0.1) is 0 Å². The second-order valence-corrected chi connectivity index (χ2v) is 14.1. The third-order valence-corrected chi connectivity index (χ3v) is 8.92. The molecule has 372 valence electrons. The lowest BCUT2D eigenvalue weighted by molar-refractivity contribution is -0.386. The number of nitrogens with zero attached hydrogens (tertiary/aromatic N) is 3. The average molecular weight is 974 g/mol. The number of esters is 8. The molecule has 3 aromatic rings. The highest BCUT2D eigenvalue weighted by molar-refractivity contribution is 5.84. The molecule has 1 atom stereocenters. The minimum absolute atomic E-state index is 0.00393. The summed E-state index contributed by atoms with van der Waals surface area (Å²) in [5.74, 6) is -6.73. The lowest BCUT2D eigenvalue weighted by atomic mass is 9.98. The molecule has 0 saturated carbocycles. The Bertz CT molecular complexity index is 2320. The van der Waals surface area contributed by atoms with E-state index in [0.29, 0.717) is 5.56 Å². The molecule has 0 aliphatic carbocycles. The van der Waals surface area contributed by atoms with Crippen LogP contribution in [0.25, 0.3) is 0 Å². The van der Waals surface area contributed by atoms with Crippen LogP contribution in [0.2, 0.25) is 0 Å². The van der Waals surface area contributed by atoms with Crippen LogP contribution in [0.3, 0.4) is 0 Å². The molecule has 0 radical (unpaired) electrons. The monoisotopic (exact) mass is 973 g/mol. The summed E-state index contributed by atoms with van der Waals surface area (Å²) < 4.78 is 61.5. The number of rotatable bonds is 26. The van der Waals surface area contributed by atoms with Crippen molar-refractivity contribution in [1.82, 2.24) is 0 Å². The molecule has 1 N–H and O–H groups in total. The van der Waals surface area contributed by atoms with E-state index in [1.54, 1.807) is 19.1 Å². The molecule has 0 unspecified atom stereocenters. The SMILES string of the molecule is CC(=O)OCOC(=O)CN(CC(=O)OCOC(C)=O)c1ccc(C)cc1OCCOc1cc([C@@H](O)c2cc3c(cc2[N+](=O)[O-])OCO3)ccc1N(CC(=O)OCOC(C)=O)CC(=O)OCOC(C)=O. The highest BCUT2D eigenvalue weighted by Gasteiger charge is 2.30. The second-order valence-electron chi connectivity index (χ2n) is 14.1. The fourth-order valence-electron chi connectivity index (χ4n) is 5.85. The van der Waals surface area contributed by atoms with E-state index >= 15 is 0 Å². The number of hydrogen-bond donors (Lipinski definition) is 1. The van der Waals surface area contributed by atoms with Gasteiger partial charge in [0.25, 0.3) is 5.69 Å². The fourth-order valence-corrected chi connectivity index (χ4v) is 5.85. The molecule has 0 aromatic heterocycles. The van der Waals surface area contributed by atoms with Crippen molar-refractivity contribution in [3.8, 4) is 23.0 Å². The van der Waals surface area contributed by atoms with Gasteiger partial charge in [-0.3, -0.25) is 48.5 Å². The van der Waals surface area contributed by atoms with E-state index in [2.05, 4.69) is 18.9 Å². The van der Waals surface area contributed by atoms with Crippen molar-refractivity contribution in [2.45, 2.75) is 40.7 Å². The number of aliphatic hydroxyl groups excluding tert-OH is 1. The van der Waals surface area contributed by atoms with Gasteiger partial charge in [-0.25, -0.2) is 0 Å².